The second-order valence-electron chi connectivity index (χ2n) is 5.30. The maximum Gasteiger partial charge on any atom is 0.345 e. The number of hydrogen-bond acceptors (Lipinski definition) is 3. The maximum absolute atomic E-state index is 10.9. The molecule has 2 unspecified atom stereocenters. The summed E-state index contributed by atoms with van der Waals surface area (Å²) in [7, 11) is 0. The van der Waals surface area contributed by atoms with E-state index in [1.54, 1.807) is 6.07 Å². The molecule has 0 aromatic carbocycles. The average molecular weight is 282 g/mol. The fraction of sp³-hybridized carbons (Fsp3) is 0.667. The van der Waals surface area contributed by atoms with Crippen molar-refractivity contribution in [2.75, 3.05) is 0 Å². The highest BCUT2D eigenvalue weighted by atomic mass is 32.1. The Morgan fingerprint density at radius 2 is 2.21 bits per heavy atom. The van der Waals surface area contributed by atoms with Crippen molar-refractivity contribution in [1.82, 2.24) is 0 Å². The molecule has 19 heavy (non-hydrogen) atoms. The minimum Gasteiger partial charge on any atom is -0.477 e. The lowest BCUT2D eigenvalue weighted by molar-refractivity contribution is -0.0222. The standard InChI is InChI=1S/C15H22O3S/c1-3-11-6-4-5-7-13(11)18-9-12-8-14(15(16)17)19-10(12)2/h8,11,13H,3-7,9H2,1-2H3,(H,16,17). The molecule has 1 aromatic rings. The number of carboxylic acid groups (broad SMARTS) is 1. The van der Waals surface area contributed by atoms with E-state index in [9.17, 15) is 4.79 Å². The van der Waals surface area contributed by atoms with E-state index in [0.717, 1.165) is 16.9 Å². The first-order chi connectivity index (χ1) is 9.11. The van der Waals surface area contributed by atoms with E-state index in [1.165, 1.54) is 37.0 Å². The highest BCUT2D eigenvalue weighted by Gasteiger charge is 2.24. The molecule has 1 aliphatic carbocycles. The zero-order chi connectivity index (χ0) is 13.8. The normalized spacial score (nSPS) is 23.5. The topological polar surface area (TPSA) is 46.5 Å². The summed E-state index contributed by atoms with van der Waals surface area (Å²) < 4.78 is 6.06. The van der Waals surface area contributed by atoms with Crippen molar-refractivity contribution in [2.24, 2.45) is 5.92 Å². The zero-order valence-electron chi connectivity index (χ0n) is 11.6. The van der Waals surface area contributed by atoms with E-state index in [4.69, 9.17) is 9.84 Å². The number of hydrogen-bond donors (Lipinski definition) is 1. The summed E-state index contributed by atoms with van der Waals surface area (Å²) >= 11 is 1.34. The molecule has 2 rings (SSSR count). The first-order valence-corrected chi connectivity index (χ1v) is 7.87. The maximum atomic E-state index is 10.9. The summed E-state index contributed by atoms with van der Waals surface area (Å²) in [5.74, 6) is -0.171. The fourth-order valence-corrected chi connectivity index (χ4v) is 3.69. The van der Waals surface area contributed by atoms with Crippen molar-refractivity contribution in [3.63, 3.8) is 0 Å². The smallest absolute Gasteiger partial charge is 0.345 e. The second kappa shape index (κ2) is 6.53. The summed E-state index contributed by atoms with van der Waals surface area (Å²) in [6.07, 6.45) is 6.51. The number of rotatable bonds is 5. The molecule has 1 aliphatic rings. The molecule has 0 aliphatic heterocycles. The number of aryl methyl sites for hydroxylation is 1. The van der Waals surface area contributed by atoms with Gasteiger partial charge in [0.2, 0.25) is 0 Å². The van der Waals surface area contributed by atoms with Crippen LogP contribution in [0.5, 0.6) is 0 Å². The van der Waals surface area contributed by atoms with E-state index >= 15 is 0 Å². The Labute approximate surface area is 118 Å². The summed E-state index contributed by atoms with van der Waals surface area (Å²) in [4.78, 5) is 12.4. The van der Waals surface area contributed by atoms with Crippen molar-refractivity contribution in [2.45, 2.75) is 58.7 Å². The summed E-state index contributed by atoms with van der Waals surface area (Å²) in [6, 6.07) is 1.76. The molecule has 4 heteroatoms. The number of carbonyl (C=O) groups is 1. The van der Waals surface area contributed by atoms with Gasteiger partial charge in [-0.15, -0.1) is 11.3 Å². The van der Waals surface area contributed by atoms with Gasteiger partial charge < -0.3 is 9.84 Å². The van der Waals surface area contributed by atoms with E-state index in [2.05, 4.69) is 6.92 Å². The fourth-order valence-electron chi connectivity index (χ4n) is 2.83. The Bertz CT molecular complexity index is 439. The third kappa shape index (κ3) is 3.57. The zero-order valence-corrected chi connectivity index (χ0v) is 12.5. The molecule has 0 radical (unpaired) electrons. The van der Waals surface area contributed by atoms with Crippen molar-refractivity contribution in [3.05, 3.63) is 21.4 Å². The van der Waals surface area contributed by atoms with Gasteiger partial charge in [0.15, 0.2) is 0 Å². The lowest BCUT2D eigenvalue weighted by atomic mass is 9.85. The van der Waals surface area contributed by atoms with Crippen LogP contribution in [0.4, 0.5) is 0 Å². The van der Waals surface area contributed by atoms with Crippen LogP contribution in [0.15, 0.2) is 6.07 Å². The van der Waals surface area contributed by atoms with Gasteiger partial charge in [-0.25, -0.2) is 4.79 Å². The third-order valence-electron chi connectivity index (χ3n) is 4.05. The van der Waals surface area contributed by atoms with Crippen LogP contribution in [0, 0.1) is 12.8 Å². The molecule has 1 aromatic heterocycles. The lowest BCUT2D eigenvalue weighted by Crippen LogP contribution is -2.27. The Balaban J connectivity index is 1.96. The van der Waals surface area contributed by atoms with Crippen molar-refractivity contribution in [1.29, 1.82) is 0 Å². The Hall–Kier alpha value is -0.870. The number of carboxylic acids is 1. The van der Waals surface area contributed by atoms with E-state index in [1.807, 2.05) is 6.92 Å². The van der Waals surface area contributed by atoms with Crippen LogP contribution in [0.3, 0.4) is 0 Å². The number of thiophene rings is 1. The van der Waals surface area contributed by atoms with Crippen LogP contribution >= 0.6 is 11.3 Å². The first kappa shape index (κ1) is 14.5. The Kier molecular flexibility index (Phi) is 4.99. The van der Waals surface area contributed by atoms with Gasteiger partial charge in [0.1, 0.15) is 4.88 Å². The van der Waals surface area contributed by atoms with Crippen molar-refractivity contribution >= 4 is 17.3 Å². The molecule has 1 saturated carbocycles. The van der Waals surface area contributed by atoms with E-state index < -0.39 is 5.97 Å². The summed E-state index contributed by atoms with van der Waals surface area (Å²) in [6.45, 7) is 4.75. The predicted molar refractivity (Wildman–Crippen MR) is 76.8 cm³/mol. The summed E-state index contributed by atoms with van der Waals surface area (Å²) in [5.41, 5.74) is 1.03. The minimum atomic E-state index is -0.844. The monoisotopic (exact) mass is 282 g/mol. The van der Waals surface area contributed by atoms with Crippen molar-refractivity contribution in [3.8, 4) is 0 Å². The van der Waals surface area contributed by atoms with E-state index in [-0.39, 0.29) is 0 Å². The van der Waals surface area contributed by atoms with Gasteiger partial charge in [-0.2, -0.15) is 0 Å². The van der Waals surface area contributed by atoms with Gasteiger partial charge in [-0.1, -0.05) is 26.2 Å². The average Bonchev–Trinajstić information content (AvgIpc) is 2.78. The molecular formula is C15H22O3S. The van der Waals surface area contributed by atoms with Gasteiger partial charge >= 0.3 is 5.97 Å². The Morgan fingerprint density at radius 1 is 1.47 bits per heavy atom. The highest BCUT2D eigenvalue weighted by molar-refractivity contribution is 7.14. The largest absolute Gasteiger partial charge is 0.477 e. The predicted octanol–water partition coefficient (Wildman–Crippen LogP) is 4.24. The quantitative estimate of drug-likeness (QED) is 0.878. The third-order valence-corrected chi connectivity index (χ3v) is 5.13. The molecule has 2 atom stereocenters. The van der Waals surface area contributed by atoms with Crippen LogP contribution in [0.25, 0.3) is 0 Å². The second-order valence-corrected chi connectivity index (χ2v) is 6.56. The molecule has 3 nitrogen and oxygen atoms in total. The molecule has 0 spiro atoms. The first-order valence-electron chi connectivity index (χ1n) is 7.06. The van der Waals surface area contributed by atoms with Crippen LogP contribution in [0.1, 0.15) is 59.1 Å². The van der Waals surface area contributed by atoms with Gasteiger partial charge in [-0.05, 0) is 37.3 Å². The molecular weight excluding hydrogens is 260 g/mol. The molecule has 1 heterocycles. The molecule has 0 bridgehead atoms. The highest BCUT2D eigenvalue weighted by Crippen LogP contribution is 2.31. The molecule has 0 saturated heterocycles. The number of ether oxygens (including phenoxy) is 1. The van der Waals surface area contributed by atoms with Crippen molar-refractivity contribution < 1.29 is 14.6 Å². The van der Waals surface area contributed by atoms with Crippen LogP contribution in [0.2, 0.25) is 0 Å². The van der Waals surface area contributed by atoms with Crippen LogP contribution in [-0.2, 0) is 11.3 Å². The van der Waals surface area contributed by atoms with E-state index in [0.29, 0.717) is 23.5 Å². The SMILES string of the molecule is CCC1CCCCC1OCc1cc(C(=O)O)sc1C. The number of aromatic carboxylic acids is 1. The summed E-state index contributed by atoms with van der Waals surface area (Å²) in [5, 5.41) is 8.99. The lowest BCUT2D eigenvalue weighted by Gasteiger charge is -2.30. The van der Waals surface area contributed by atoms with Gasteiger partial charge in [0, 0.05) is 4.88 Å². The molecule has 1 N–H and O–H groups in total. The Morgan fingerprint density at radius 3 is 2.84 bits per heavy atom. The molecule has 0 amide bonds. The van der Waals surface area contributed by atoms with Crippen LogP contribution < -0.4 is 0 Å². The molecule has 106 valence electrons. The molecule has 1 fully saturated rings. The van der Waals surface area contributed by atoms with Gasteiger partial charge in [0.25, 0.3) is 0 Å². The van der Waals surface area contributed by atoms with Crippen LogP contribution in [-0.4, -0.2) is 17.2 Å². The van der Waals surface area contributed by atoms with Gasteiger partial charge in [-0.3, -0.25) is 0 Å². The van der Waals surface area contributed by atoms with Gasteiger partial charge in [0.05, 0.1) is 12.7 Å². The minimum absolute atomic E-state index is 0.353.